The van der Waals surface area contributed by atoms with Crippen molar-refractivity contribution >= 4 is 42.1 Å². The minimum atomic E-state index is 0. The SMILES string of the molecule is CCc1ccc(C2CNCCN2C(=O)Cc2csc(-c3ccoc3)n2)cc1.Cl.Cl. The lowest BCUT2D eigenvalue weighted by atomic mass is 10.0. The maximum absolute atomic E-state index is 13.0. The summed E-state index contributed by atoms with van der Waals surface area (Å²) in [5.74, 6) is 0.130. The number of benzene rings is 1. The molecule has 1 aliphatic heterocycles. The zero-order valence-corrected chi connectivity index (χ0v) is 18.6. The zero-order valence-electron chi connectivity index (χ0n) is 16.2. The van der Waals surface area contributed by atoms with Gasteiger partial charge in [0.2, 0.25) is 5.91 Å². The van der Waals surface area contributed by atoms with Crippen molar-refractivity contribution in [3.63, 3.8) is 0 Å². The van der Waals surface area contributed by atoms with E-state index in [2.05, 4.69) is 41.5 Å². The first-order valence-electron chi connectivity index (χ1n) is 9.30. The lowest BCUT2D eigenvalue weighted by Crippen LogP contribution is -2.49. The molecule has 2 aromatic heterocycles. The van der Waals surface area contributed by atoms with Crippen LogP contribution in [0, 0.1) is 0 Å². The molecule has 0 aliphatic carbocycles. The third-order valence-electron chi connectivity index (χ3n) is 4.99. The van der Waals surface area contributed by atoms with Gasteiger partial charge in [-0.15, -0.1) is 36.2 Å². The van der Waals surface area contributed by atoms with Crippen molar-refractivity contribution in [1.82, 2.24) is 15.2 Å². The topological polar surface area (TPSA) is 58.4 Å². The van der Waals surface area contributed by atoms with Gasteiger partial charge in [-0.25, -0.2) is 4.98 Å². The number of amides is 1. The van der Waals surface area contributed by atoms with E-state index in [9.17, 15) is 4.79 Å². The van der Waals surface area contributed by atoms with Crippen LogP contribution >= 0.6 is 36.2 Å². The number of carbonyl (C=O) groups excluding carboxylic acids is 1. The van der Waals surface area contributed by atoms with Gasteiger partial charge in [-0.3, -0.25) is 4.79 Å². The number of hydrogen-bond acceptors (Lipinski definition) is 5. The Morgan fingerprint density at radius 1 is 1.28 bits per heavy atom. The molecule has 1 fully saturated rings. The molecule has 1 atom stereocenters. The molecule has 8 heteroatoms. The van der Waals surface area contributed by atoms with Gasteiger partial charge in [-0.2, -0.15) is 0 Å². The number of aryl methyl sites for hydroxylation is 1. The van der Waals surface area contributed by atoms with Crippen LogP contribution in [0.4, 0.5) is 0 Å². The van der Waals surface area contributed by atoms with Gasteiger partial charge in [0, 0.05) is 30.6 Å². The molecule has 0 spiro atoms. The number of rotatable bonds is 5. The molecule has 0 radical (unpaired) electrons. The third kappa shape index (κ3) is 5.39. The molecule has 1 aromatic carbocycles. The van der Waals surface area contributed by atoms with Crippen LogP contribution in [-0.4, -0.2) is 35.4 Å². The van der Waals surface area contributed by atoms with E-state index in [1.165, 1.54) is 11.1 Å². The molecule has 1 amide bonds. The third-order valence-corrected chi connectivity index (χ3v) is 5.93. The summed E-state index contributed by atoms with van der Waals surface area (Å²) in [7, 11) is 0. The van der Waals surface area contributed by atoms with Crippen LogP contribution in [0.2, 0.25) is 0 Å². The zero-order chi connectivity index (χ0) is 18.6. The van der Waals surface area contributed by atoms with Crippen molar-refractivity contribution in [2.75, 3.05) is 19.6 Å². The van der Waals surface area contributed by atoms with Crippen molar-refractivity contribution in [2.24, 2.45) is 0 Å². The molecule has 1 N–H and O–H groups in total. The highest BCUT2D eigenvalue weighted by atomic mass is 35.5. The quantitative estimate of drug-likeness (QED) is 0.616. The summed E-state index contributed by atoms with van der Waals surface area (Å²) in [5.41, 5.74) is 4.27. The predicted molar refractivity (Wildman–Crippen MR) is 121 cm³/mol. The second kappa shape index (κ2) is 10.8. The Labute approximate surface area is 187 Å². The van der Waals surface area contributed by atoms with Crippen molar-refractivity contribution in [2.45, 2.75) is 25.8 Å². The van der Waals surface area contributed by atoms with Gasteiger partial charge in [0.15, 0.2) is 0 Å². The molecule has 3 aromatic rings. The normalized spacial score (nSPS) is 16.0. The molecule has 0 bridgehead atoms. The molecule has 5 nitrogen and oxygen atoms in total. The first-order valence-corrected chi connectivity index (χ1v) is 10.2. The highest BCUT2D eigenvalue weighted by Crippen LogP contribution is 2.26. The maximum Gasteiger partial charge on any atom is 0.229 e. The molecule has 1 unspecified atom stereocenters. The molecule has 3 heterocycles. The lowest BCUT2D eigenvalue weighted by molar-refractivity contribution is -0.133. The summed E-state index contributed by atoms with van der Waals surface area (Å²) in [4.78, 5) is 19.6. The fourth-order valence-electron chi connectivity index (χ4n) is 3.44. The van der Waals surface area contributed by atoms with E-state index < -0.39 is 0 Å². The second-order valence-electron chi connectivity index (χ2n) is 6.73. The number of nitrogens with one attached hydrogen (secondary N) is 1. The summed E-state index contributed by atoms with van der Waals surface area (Å²) in [6.07, 6.45) is 4.67. The molecule has 0 saturated carbocycles. The minimum absolute atomic E-state index is 0. The Hall–Kier alpha value is -1.86. The van der Waals surface area contributed by atoms with E-state index >= 15 is 0 Å². The highest BCUT2D eigenvalue weighted by Gasteiger charge is 2.28. The standard InChI is InChI=1S/C21H23N3O2S.2ClH/c1-2-15-3-5-16(6-4-15)19-12-22-8-9-24(19)20(25)11-18-14-27-21(23-18)17-7-10-26-13-17;;/h3-7,10,13-14,19,22H,2,8-9,11-12H2,1H3;2*1H. The van der Waals surface area contributed by atoms with Gasteiger partial charge in [0.25, 0.3) is 0 Å². The Balaban J connectivity index is 0.00000150. The first kappa shape index (κ1) is 23.4. The number of nitrogens with zero attached hydrogens (tertiary/aromatic N) is 2. The minimum Gasteiger partial charge on any atom is -0.472 e. The lowest BCUT2D eigenvalue weighted by Gasteiger charge is -2.36. The van der Waals surface area contributed by atoms with Gasteiger partial charge in [-0.05, 0) is 23.6 Å². The van der Waals surface area contributed by atoms with Gasteiger partial charge in [0.05, 0.1) is 24.4 Å². The fraction of sp³-hybridized carbons (Fsp3) is 0.333. The van der Waals surface area contributed by atoms with Gasteiger partial charge >= 0.3 is 0 Å². The summed E-state index contributed by atoms with van der Waals surface area (Å²) in [6, 6.07) is 10.6. The van der Waals surface area contributed by atoms with E-state index in [4.69, 9.17) is 4.42 Å². The molecule has 29 heavy (non-hydrogen) atoms. The summed E-state index contributed by atoms with van der Waals surface area (Å²) in [5, 5.41) is 6.27. The van der Waals surface area contributed by atoms with Crippen LogP contribution in [0.15, 0.2) is 52.7 Å². The summed E-state index contributed by atoms with van der Waals surface area (Å²) in [6.45, 7) is 4.48. The van der Waals surface area contributed by atoms with Crippen molar-refractivity contribution in [1.29, 1.82) is 0 Å². The van der Waals surface area contributed by atoms with Crippen LogP contribution < -0.4 is 5.32 Å². The average molecular weight is 454 g/mol. The van der Waals surface area contributed by atoms with Crippen LogP contribution in [-0.2, 0) is 17.6 Å². The van der Waals surface area contributed by atoms with E-state index in [0.717, 1.165) is 42.3 Å². The van der Waals surface area contributed by atoms with Crippen molar-refractivity contribution < 1.29 is 9.21 Å². The molecule has 156 valence electrons. The van der Waals surface area contributed by atoms with E-state index in [1.807, 2.05) is 16.3 Å². The number of hydrogen-bond donors (Lipinski definition) is 1. The monoisotopic (exact) mass is 453 g/mol. The Morgan fingerprint density at radius 2 is 2.07 bits per heavy atom. The average Bonchev–Trinajstić information content (AvgIpc) is 3.40. The largest absolute Gasteiger partial charge is 0.472 e. The van der Waals surface area contributed by atoms with Gasteiger partial charge < -0.3 is 14.6 Å². The Kier molecular flexibility index (Phi) is 8.71. The van der Waals surface area contributed by atoms with Crippen molar-refractivity contribution in [3.8, 4) is 10.6 Å². The summed E-state index contributed by atoms with van der Waals surface area (Å²) >= 11 is 1.54. The van der Waals surface area contributed by atoms with E-state index in [0.29, 0.717) is 6.42 Å². The fourth-order valence-corrected chi connectivity index (χ4v) is 4.25. The Bertz CT molecular complexity index is 897. The number of piperazine rings is 1. The first-order chi connectivity index (χ1) is 13.2. The second-order valence-corrected chi connectivity index (χ2v) is 7.59. The Morgan fingerprint density at radius 3 is 2.76 bits per heavy atom. The van der Waals surface area contributed by atoms with E-state index in [1.54, 1.807) is 23.9 Å². The predicted octanol–water partition coefficient (Wildman–Crippen LogP) is 4.52. The number of thiazole rings is 1. The van der Waals surface area contributed by atoms with Crippen LogP contribution in [0.3, 0.4) is 0 Å². The summed E-state index contributed by atoms with van der Waals surface area (Å²) < 4.78 is 5.12. The molecular formula is C21H25Cl2N3O2S. The molecular weight excluding hydrogens is 429 g/mol. The molecule has 1 aliphatic rings. The van der Waals surface area contributed by atoms with Crippen LogP contribution in [0.25, 0.3) is 10.6 Å². The number of aromatic nitrogens is 1. The maximum atomic E-state index is 13.0. The van der Waals surface area contributed by atoms with E-state index in [-0.39, 0.29) is 36.8 Å². The van der Waals surface area contributed by atoms with Gasteiger partial charge in [0.1, 0.15) is 11.3 Å². The molecule has 1 saturated heterocycles. The number of carbonyl (C=O) groups is 1. The van der Waals surface area contributed by atoms with Crippen LogP contribution in [0.1, 0.15) is 29.8 Å². The van der Waals surface area contributed by atoms with Gasteiger partial charge in [-0.1, -0.05) is 31.2 Å². The smallest absolute Gasteiger partial charge is 0.229 e. The number of furan rings is 1. The highest BCUT2D eigenvalue weighted by molar-refractivity contribution is 7.13. The van der Waals surface area contributed by atoms with Crippen LogP contribution in [0.5, 0.6) is 0 Å². The number of halogens is 2. The molecule has 4 rings (SSSR count). The van der Waals surface area contributed by atoms with Crippen molar-refractivity contribution in [3.05, 3.63) is 65.1 Å².